The van der Waals surface area contributed by atoms with Crippen LogP contribution < -0.4 is 5.32 Å². The zero-order valence-electron chi connectivity index (χ0n) is 10.1. The van der Waals surface area contributed by atoms with E-state index in [9.17, 15) is 4.79 Å². The van der Waals surface area contributed by atoms with Crippen LogP contribution in [0.25, 0.3) is 0 Å². The molecule has 2 rings (SSSR count). The standard InChI is InChI=1S/C14H19NO2/c16-14-13-8-2-1-6-12(13)7-5-11-17-10-4-3-9-15-14/h1-2,6,8H,3-5,7,9-11H2,(H,15,16). The first-order valence-corrected chi connectivity index (χ1v) is 6.32. The van der Waals surface area contributed by atoms with Crippen molar-refractivity contribution in [3.05, 3.63) is 35.4 Å². The molecule has 17 heavy (non-hydrogen) atoms. The monoisotopic (exact) mass is 233 g/mol. The molecule has 1 aliphatic heterocycles. The Balaban J connectivity index is 2.11. The molecule has 1 aliphatic rings. The Morgan fingerprint density at radius 3 is 2.82 bits per heavy atom. The Morgan fingerprint density at radius 2 is 1.88 bits per heavy atom. The molecule has 3 nitrogen and oxygen atoms in total. The van der Waals surface area contributed by atoms with Crippen LogP contribution in [0.3, 0.4) is 0 Å². The molecular weight excluding hydrogens is 214 g/mol. The van der Waals surface area contributed by atoms with Crippen molar-refractivity contribution in [3.8, 4) is 0 Å². The number of nitrogens with one attached hydrogen (secondary N) is 1. The molecule has 1 heterocycles. The first kappa shape index (κ1) is 12.1. The van der Waals surface area contributed by atoms with Gasteiger partial charge in [-0.2, -0.15) is 0 Å². The first-order chi connectivity index (χ1) is 8.38. The molecule has 1 aromatic rings. The van der Waals surface area contributed by atoms with Crippen LogP contribution in [0.1, 0.15) is 35.2 Å². The largest absolute Gasteiger partial charge is 0.381 e. The summed E-state index contributed by atoms with van der Waals surface area (Å²) in [5.74, 6) is 0.0575. The highest BCUT2D eigenvalue weighted by Crippen LogP contribution is 2.12. The van der Waals surface area contributed by atoms with Crippen LogP contribution in [-0.4, -0.2) is 25.7 Å². The molecule has 1 amide bonds. The second-order valence-electron chi connectivity index (χ2n) is 4.34. The van der Waals surface area contributed by atoms with Crippen LogP contribution in [0.15, 0.2) is 24.3 Å². The highest BCUT2D eigenvalue weighted by atomic mass is 16.5. The van der Waals surface area contributed by atoms with E-state index in [2.05, 4.69) is 5.32 Å². The van der Waals surface area contributed by atoms with Crippen molar-refractivity contribution in [3.63, 3.8) is 0 Å². The van der Waals surface area contributed by atoms with Gasteiger partial charge < -0.3 is 10.1 Å². The van der Waals surface area contributed by atoms with Crippen LogP contribution in [-0.2, 0) is 11.2 Å². The van der Waals surface area contributed by atoms with Gasteiger partial charge in [0.1, 0.15) is 0 Å². The molecule has 3 heteroatoms. The number of hydrogen-bond acceptors (Lipinski definition) is 2. The maximum absolute atomic E-state index is 12.0. The lowest BCUT2D eigenvalue weighted by molar-refractivity contribution is 0.0943. The van der Waals surface area contributed by atoms with E-state index in [0.717, 1.165) is 56.6 Å². The van der Waals surface area contributed by atoms with Crippen LogP contribution in [0.2, 0.25) is 0 Å². The van der Waals surface area contributed by atoms with E-state index in [1.165, 1.54) is 0 Å². The third-order valence-electron chi connectivity index (χ3n) is 3.00. The third kappa shape index (κ3) is 3.56. The second-order valence-corrected chi connectivity index (χ2v) is 4.34. The Labute approximate surface area is 102 Å². The van der Waals surface area contributed by atoms with Crippen molar-refractivity contribution in [1.82, 2.24) is 5.32 Å². The quantitative estimate of drug-likeness (QED) is 0.745. The molecule has 0 saturated heterocycles. The summed E-state index contributed by atoms with van der Waals surface area (Å²) in [4.78, 5) is 12.0. The molecular formula is C14H19NO2. The lowest BCUT2D eigenvalue weighted by atomic mass is 10.0. The van der Waals surface area contributed by atoms with Crippen molar-refractivity contribution in [1.29, 1.82) is 0 Å². The van der Waals surface area contributed by atoms with Gasteiger partial charge in [-0.25, -0.2) is 0 Å². The Kier molecular flexibility index (Phi) is 4.56. The molecule has 92 valence electrons. The maximum Gasteiger partial charge on any atom is 0.251 e. The predicted octanol–water partition coefficient (Wildman–Crippen LogP) is 2.16. The Bertz CT molecular complexity index is 376. The number of carbonyl (C=O) groups is 1. The average Bonchev–Trinajstić information content (AvgIpc) is 2.35. The van der Waals surface area contributed by atoms with Gasteiger partial charge in [-0.15, -0.1) is 0 Å². The fourth-order valence-corrected chi connectivity index (χ4v) is 2.05. The van der Waals surface area contributed by atoms with Gasteiger partial charge >= 0.3 is 0 Å². The Hall–Kier alpha value is -1.35. The van der Waals surface area contributed by atoms with E-state index in [-0.39, 0.29) is 5.91 Å². The van der Waals surface area contributed by atoms with Gasteiger partial charge in [0, 0.05) is 25.3 Å². The van der Waals surface area contributed by atoms with Crippen molar-refractivity contribution >= 4 is 5.91 Å². The zero-order chi connectivity index (χ0) is 11.9. The normalized spacial score (nSPS) is 18.5. The van der Waals surface area contributed by atoms with Gasteiger partial charge in [0.05, 0.1) is 0 Å². The fraction of sp³-hybridized carbons (Fsp3) is 0.500. The van der Waals surface area contributed by atoms with Crippen molar-refractivity contribution in [2.75, 3.05) is 19.8 Å². The van der Waals surface area contributed by atoms with E-state index < -0.39 is 0 Å². The number of aryl methyl sites for hydroxylation is 1. The molecule has 0 spiro atoms. The molecule has 0 radical (unpaired) electrons. The molecule has 0 aromatic heterocycles. The number of hydrogen-bond donors (Lipinski definition) is 1. The molecule has 0 fully saturated rings. The molecule has 0 aliphatic carbocycles. The van der Waals surface area contributed by atoms with Crippen molar-refractivity contribution in [2.45, 2.75) is 25.7 Å². The SMILES string of the molecule is O=C1NCCCCOCCCc2ccccc21. The smallest absolute Gasteiger partial charge is 0.251 e. The maximum atomic E-state index is 12.0. The van der Waals surface area contributed by atoms with Crippen LogP contribution in [0, 0.1) is 0 Å². The van der Waals surface area contributed by atoms with Gasteiger partial charge in [-0.3, -0.25) is 4.79 Å². The second kappa shape index (κ2) is 6.40. The highest BCUT2D eigenvalue weighted by molar-refractivity contribution is 5.95. The minimum atomic E-state index is 0.0575. The number of amides is 1. The number of rotatable bonds is 0. The summed E-state index contributed by atoms with van der Waals surface area (Å²) in [7, 11) is 0. The summed E-state index contributed by atoms with van der Waals surface area (Å²) >= 11 is 0. The highest BCUT2D eigenvalue weighted by Gasteiger charge is 2.10. The number of ether oxygens (including phenoxy) is 1. The fourth-order valence-electron chi connectivity index (χ4n) is 2.05. The van der Waals surface area contributed by atoms with Gasteiger partial charge in [0.15, 0.2) is 0 Å². The lowest BCUT2D eigenvalue weighted by Gasteiger charge is -2.12. The molecule has 1 aromatic carbocycles. The number of carbonyl (C=O) groups excluding carboxylic acids is 1. The summed E-state index contributed by atoms with van der Waals surface area (Å²) in [6.07, 6.45) is 3.88. The van der Waals surface area contributed by atoms with Crippen molar-refractivity contribution in [2.24, 2.45) is 0 Å². The molecule has 0 saturated carbocycles. The summed E-state index contributed by atoms with van der Waals surface area (Å²) in [5, 5.41) is 2.96. The summed E-state index contributed by atoms with van der Waals surface area (Å²) in [6, 6.07) is 7.83. The third-order valence-corrected chi connectivity index (χ3v) is 3.00. The van der Waals surface area contributed by atoms with Crippen LogP contribution >= 0.6 is 0 Å². The first-order valence-electron chi connectivity index (χ1n) is 6.32. The number of benzene rings is 1. The van der Waals surface area contributed by atoms with E-state index in [0.29, 0.717) is 0 Å². The Morgan fingerprint density at radius 1 is 1.06 bits per heavy atom. The van der Waals surface area contributed by atoms with Crippen LogP contribution in [0.4, 0.5) is 0 Å². The summed E-state index contributed by atoms with van der Waals surface area (Å²) in [5.41, 5.74) is 1.93. The average molecular weight is 233 g/mol. The summed E-state index contributed by atoms with van der Waals surface area (Å²) in [6.45, 7) is 2.32. The predicted molar refractivity (Wildman–Crippen MR) is 67.1 cm³/mol. The van der Waals surface area contributed by atoms with E-state index in [1.807, 2.05) is 24.3 Å². The number of fused-ring (bicyclic) bond motifs is 1. The molecule has 0 bridgehead atoms. The van der Waals surface area contributed by atoms with Gasteiger partial charge in [0.25, 0.3) is 5.91 Å². The zero-order valence-corrected chi connectivity index (χ0v) is 10.1. The lowest BCUT2D eigenvalue weighted by Crippen LogP contribution is -2.26. The molecule has 0 atom stereocenters. The van der Waals surface area contributed by atoms with Gasteiger partial charge in [-0.1, -0.05) is 18.2 Å². The van der Waals surface area contributed by atoms with E-state index in [4.69, 9.17) is 4.74 Å². The van der Waals surface area contributed by atoms with E-state index >= 15 is 0 Å². The summed E-state index contributed by atoms with van der Waals surface area (Å²) < 4.78 is 5.54. The van der Waals surface area contributed by atoms with Gasteiger partial charge in [-0.05, 0) is 37.3 Å². The van der Waals surface area contributed by atoms with Crippen molar-refractivity contribution < 1.29 is 9.53 Å². The minimum Gasteiger partial charge on any atom is -0.381 e. The van der Waals surface area contributed by atoms with E-state index in [1.54, 1.807) is 0 Å². The molecule has 1 N–H and O–H groups in total. The van der Waals surface area contributed by atoms with Crippen LogP contribution in [0.5, 0.6) is 0 Å². The topological polar surface area (TPSA) is 38.3 Å². The molecule has 0 unspecified atom stereocenters. The minimum absolute atomic E-state index is 0.0575. The van der Waals surface area contributed by atoms with Gasteiger partial charge in [0.2, 0.25) is 0 Å².